The van der Waals surface area contributed by atoms with E-state index in [1.807, 2.05) is 18.2 Å². The second-order valence-corrected chi connectivity index (χ2v) is 10.9. The molecule has 1 aliphatic heterocycles. The Hall–Kier alpha value is -1.84. The molecule has 4 rings (SSSR count). The van der Waals surface area contributed by atoms with Gasteiger partial charge in [-0.1, -0.05) is 63.9 Å². The van der Waals surface area contributed by atoms with Crippen molar-refractivity contribution in [2.45, 2.75) is 84.2 Å². The zero-order valence-corrected chi connectivity index (χ0v) is 18.2. The Morgan fingerprint density at radius 1 is 1.10 bits per heavy atom. The molecular formula is C25H36N2O2. The Morgan fingerprint density at radius 3 is 2.48 bits per heavy atom. The van der Waals surface area contributed by atoms with Crippen molar-refractivity contribution in [2.75, 3.05) is 6.54 Å². The molecule has 3 fully saturated rings. The van der Waals surface area contributed by atoms with E-state index in [0.717, 1.165) is 57.1 Å². The molecule has 4 nitrogen and oxygen atoms in total. The van der Waals surface area contributed by atoms with Crippen LogP contribution in [-0.2, 0) is 16.0 Å². The van der Waals surface area contributed by atoms with Gasteiger partial charge in [-0.2, -0.15) is 0 Å². The SMILES string of the molecule is CC1(C)CC2CC(C)(CN2C(=O)C(Cc2ccccc2)NC(=O)C2CCCC2)C1. The average molecular weight is 397 g/mol. The number of hydrogen-bond donors (Lipinski definition) is 1. The Labute approximate surface area is 175 Å². The lowest BCUT2D eigenvalue weighted by Gasteiger charge is -2.39. The van der Waals surface area contributed by atoms with Gasteiger partial charge >= 0.3 is 0 Å². The molecule has 0 spiro atoms. The molecule has 1 heterocycles. The molecule has 2 aliphatic carbocycles. The summed E-state index contributed by atoms with van der Waals surface area (Å²) in [5, 5.41) is 3.17. The fourth-order valence-electron chi connectivity index (χ4n) is 6.45. The Kier molecular flexibility index (Phi) is 5.48. The van der Waals surface area contributed by atoms with E-state index in [1.165, 1.54) is 0 Å². The highest BCUT2D eigenvalue weighted by molar-refractivity contribution is 5.89. The summed E-state index contributed by atoms with van der Waals surface area (Å²) in [6.45, 7) is 7.81. The summed E-state index contributed by atoms with van der Waals surface area (Å²) in [7, 11) is 0. The fourth-order valence-corrected chi connectivity index (χ4v) is 6.45. The minimum absolute atomic E-state index is 0.0745. The first-order valence-electron chi connectivity index (χ1n) is 11.4. The van der Waals surface area contributed by atoms with Gasteiger partial charge in [0.2, 0.25) is 11.8 Å². The summed E-state index contributed by atoms with van der Waals surface area (Å²) < 4.78 is 0. The van der Waals surface area contributed by atoms with Crippen LogP contribution in [0.3, 0.4) is 0 Å². The maximum Gasteiger partial charge on any atom is 0.245 e. The number of rotatable bonds is 5. The largest absolute Gasteiger partial charge is 0.344 e. The van der Waals surface area contributed by atoms with Crippen molar-refractivity contribution in [3.05, 3.63) is 35.9 Å². The first-order chi connectivity index (χ1) is 13.7. The van der Waals surface area contributed by atoms with Gasteiger partial charge in [-0.3, -0.25) is 9.59 Å². The first-order valence-corrected chi connectivity index (χ1v) is 11.4. The predicted octanol–water partition coefficient (Wildman–Crippen LogP) is 4.33. The fraction of sp³-hybridized carbons (Fsp3) is 0.680. The maximum atomic E-state index is 13.7. The summed E-state index contributed by atoms with van der Waals surface area (Å²) in [5.74, 6) is 0.271. The summed E-state index contributed by atoms with van der Waals surface area (Å²) in [5.41, 5.74) is 1.58. The first kappa shape index (κ1) is 20.4. The molecule has 29 heavy (non-hydrogen) atoms. The van der Waals surface area contributed by atoms with Crippen LogP contribution in [0.1, 0.15) is 71.3 Å². The molecule has 1 saturated heterocycles. The van der Waals surface area contributed by atoms with E-state index < -0.39 is 6.04 Å². The van der Waals surface area contributed by atoms with Crippen molar-refractivity contribution < 1.29 is 9.59 Å². The molecule has 0 radical (unpaired) electrons. The van der Waals surface area contributed by atoms with Crippen LogP contribution >= 0.6 is 0 Å². The zero-order chi connectivity index (χ0) is 20.6. The van der Waals surface area contributed by atoms with E-state index in [2.05, 4.69) is 43.1 Å². The van der Waals surface area contributed by atoms with Crippen LogP contribution in [0.4, 0.5) is 0 Å². The van der Waals surface area contributed by atoms with Crippen molar-refractivity contribution in [1.29, 1.82) is 0 Å². The highest BCUT2D eigenvalue weighted by atomic mass is 16.2. The van der Waals surface area contributed by atoms with E-state index in [0.29, 0.717) is 12.5 Å². The Balaban J connectivity index is 1.53. The molecule has 4 heteroatoms. The molecule has 158 valence electrons. The second-order valence-electron chi connectivity index (χ2n) is 10.9. The highest BCUT2D eigenvalue weighted by Crippen LogP contribution is 2.52. The molecular weight excluding hydrogens is 360 g/mol. The van der Waals surface area contributed by atoms with Crippen molar-refractivity contribution in [2.24, 2.45) is 16.7 Å². The minimum atomic E-state index is -0.462. The third-order valence-electron chi connectivity index (χ3n) is 7.32. The average Bonchev–Trinajstić information content (AvgIpc) is 3.27. The number of benzene rings is 1. The number of carbonyl (C=O) groups excluding carboxylic acids is 2. The smallest absolute Gasteiger partial charge is 0.245 e. The highest BCUT2D eigenvalue weighted by Gasteiger charge is 2.51. The maximum absolute atomic E-state index is 13.7. The number of fused-ring (bicyclic) bond motifs is 2. The van der Waals surface area contributed by atoms with Crippen LogP contribution < -0.4 is 5.32 Å². The second kappa shape index (κ2) is 7.77. The zero-order valence-electron chi connectivity index (χ0n) is 18.2. The summed E-state index contributed by atoms with van der Waals surface area (Å²) in [6.07, 6.45) is 8.04. The molecule has 2 amide bonds. The predicted molar refractivity (Wildman–Crippen MR) is 115 cm³/mol. The van der Waals surface area contributed by atoms with E-state index in [-0.39, 0.29) is 28.6 Å². The van der Waals surface area contributed by atoms with Crippen LogP contribution in [-0.4, -0.2) is 35.3 Å². The molecule has 0 aromatic heterocycles. The van der Waals surface area contributed by atoms with Gasteiger partial charge in [-0.25, -0.2) is 0 Å². The quantitative estimate of drug-likeness (QED) is 0.805. The molecule has 2 saturated carbocycles. The summed E-state index contributed by atoms with van der Waals surface area (Å²) in [4.78, 5) is 28.7. The minimum Gasteiger partial charge on any atom is -0.344 e. The van der Waals surface area contributed by atoms with Gasteiger partial charge < -0.3 is 10.2 Å². The number of carbonyl (C=O) groups is 2. The summed E-state index contributed by atoms with van der Waals surface area (Å²) >= 11 is 0. The summed E-state index contributed by atoms with van der Waals surface area (Å²) in [6, 6.07) is 9.94. The number of amides is 2. The number of likely N-dealkylation sites (tertiary alicyclic amines) is 1. The van der Waals surface area contributed by atoms with Gasteiger partial charge in [-0.15, -0.1) is 0 Å². The molecule has 3 atom stereocenters. The standard InChI is InChI=1S/C25H36N2O2/c1-24(2)14-20-15-25(3,16-24)17-27(20)23(29)21(13-18-9-5-4-6-10-18)26-22(28)19-11-7-8-12-19/h4-6,9-10,19-21H,7-8,11-17H2,1-3H3,(H,26,28). The molecule has 3 unspecified atom stereocenters. The van der Waals surface area contributed by atoms with Gasteiger partial charge in [0, 0.05) is 24.9 Å². The van der Waals surface area contributed by atoms with Crippen molar-refractivity contribution in [3.63, 3.8) is 0 Å². The lowest BCUT2D eigenvalue weighted by atomic mass is 9.65. The van der Waals surface area contributed by atoms with Crippen molar-refractivity contribution in [1.82, 2.24) is 10.2 Å². The van der Waals surface area contributed by atoms with Crippen LogP contribution in [0.2, 0.25) is 0 Å². The third-order valence-corrected chi connectivity index (χ3v) is 7.32. The normalized spacial score (nSPS) is 29.6. The van der Waals surface area contributed by atoms with Gasteiger partial charge in [0.15, 0.2) is 0 Å². The monoisotopic (exact) mass is 396 g/mol. The van der Waals surface area contributed by atoms with Crippen LogP contribution in [0.5, 0.6) is 0 Å². The van der Waals surface area contributed by atoms with Crippen LogP contribution in [0.15, 0.2) is 30.3 Å². The van der Waals surface area contributed by atoms with E-state index >= 15 is 0 Å². The third kappa shape index (κ3) is 4.51. The van der Waals surface area contributed by atoms with Gasteiger partial charge in [0.05, 0.1) is 0 Å². The van der Waals surface area contributed by atoms with Crippen LogP contribution in [0.25, 0.3) is 0 Å². The lowest BCUT2D eigenvalue weighted by molar-refractivity contribution is -0.138. The van der Waals surface area contributed by atoms with E-state index in [4.69, 9.17) is 0 Å². The van der Waals surface area contributed by atoms with Crippen LogP contribution in [0, 0.1) is 16.7 Å². The number of nitrogens with zero attached hydrogens (tertiary/aromatic N) is 1. The van der Waals surface area contributed by atoms with Gasteiger partial charge in [-0.05, 0) is 48.5 Å². The number of nitrogens with one attached hydrogen (secondary N) is 1. The van der Waals surface area contributed by atoms with Gasteiger partial charge in [0.1, 0.15) is 6.04 Å². The molecule has 1 aromatic rings. The molecule has 2 bridgehead atoms. The van der Waals surface area contributed by atoms with Crippen molar-refractivity contribution in [3.8, 4) is 0 Å². The number of hydrogen-bond acceptors (Lipinski definition) is 2. The van der Waals surface area contributed by atoms with E-state index in [1.54, 1.807) is 0 Å². The Morgan fingerprint density at radius 2 is 1.79 bits per heavy atom. The molecule has 1 N–H and O–H groups in total. The Bertz CT molecular complexity index is 753. The van der Waals surface area contributed by atoms with Crippen molar-refractivity contribution >= 4 is 11.8 Å². The molecule has 3 aliphatic rings. The van der Waals surface area contributed by atoms with Gasteiger partial charge in [0.25, 0.3) is 0 Å². The topological polar surface area (TPSA) is 49.4 Å². The lowest BCUT2D eigenvalue weighted by Crippen LogP contribution is -2.52. The molecule has 1 aromatic carbocycles. The van der Waals surface area contributed by atoms with E-state index in [9.17, 15) is 9.59 Å².